The van der Waals surface area contributed by atoms with Crippen molar-refractivity contribution in [2.24, 2.45) is 4.99 Å². The maximum Gasteiger partial charge on any atom is 0.239 e. The second kappa shape index (κ2) is 11.0. The number of nitrogens with zero attached hydrogens (tertiary/aromatic N) is 4. The Bertz CT molecular complexity index is 1210. The number of benzene rings is 1. The molecule has 0 spiro atoms. The molecule has 0 radical (unpaired) electrons. The molecule has 186 valence electrons. The van der Waals surface area contributed by atoms with Crippen molar-refractivity contribution in [3.8, 4) is 17.4 Å². The zero-order chi connectivity index (χ0) is 24.8. The molecule has 4 rings (SSSR count). The minimum Gasteiger partial charge on any atom is -0.494 e. The quantitative estimate of drug-likeness (QED) is 0.359. The Kier molecular flexibility index (Phi) is 7.63. The van der Waals surface area contributed by atoms with Gasteiger partial charge in [0.1, 0.15) is 23.8 Å². The molecule has 1 aromatic carbocycles. The first kappa shape index (κ1) is 24.2. The Balaban J connectivity index is 1.69. The molecule has 1 amide bonds. The van der Waals surface area contributed by atoms with E-state index in [2.05, 4.69) is 30.6 Å². The molecule has 0 saturated heterocycles. The van der Waals surface area contributed by atoms with E-state index in [1.54, 1.807) is 37.3 Å². The maximum atomic E-state index is 12.6. The summed E-state index contributed by atoms with van der Waals surface area (Å²) in [5.41, 5.74) is 1.47. The van der Waals surface area contributed by atoms with Gasteiger partial charge in [-0.2, -0.15) is 0 Å². The van der Waals surface area contributed by atoms with E-state index in [9.17, 15) is 15.0 Å². The van der Waals surface area contributed by atoms with Crippen LogP contribution in [-0.4, -0.2) is 95.2 Å². The largest absolute Gasteiger partial charge is 0.494 e. The Labute approximate surface area is 202 Å². The molecular weight excluding hydrogens is 454 g/mol. The highest BCUT2D eigenvalue weighted by atomic mass is 16.5. The number of likely N-dealkylation sites (N-methyl/N-ethyl adjacent to an activating group) is 1. The van der Waals surface area contributed by atoms with Gasteiger partial charge < -0.3 is 35.3 Å². The summed E-state index contributed by atoms with van der Waals surface area (Å²) in [6.45, 7) is 1.30. The monoisotopic (exact) mass is 483 g/mol. The molecule has 1 atom stereocenters. The lowest BCUT2D eigenvalue weighted by molar-refractivity contribution is -0.127. The van der Waals surface area contributed by atoms with Crippen molar-refractivity contribution in [3.05, 3.63) is 30.1 Å². The topological polar surface area (TPSA) is 157 Å². The number of H-pyrrole nitrogens is 1. The van der Waals surface area contributed by atoms with Gasteiger partial charge >= 0.3 is 0 Å². The van der Waals surface area contributed by atoms with Crippen molar-refractivity contribution in [2.75, 3.05) is 52.3 Å². The first-order chi connectivity index (χ1) is 17.0. The zero-order valence-electron chi connectivity index (χ0n) is 19.6. The third-order valence-corrected chi connectivity index (χ3v) is 5.74. The second-order valence-electron chi connectivity index (χ2n) is 8.03. The number of anilines is 1. The highest BCUT2D eigenvalue weighted by molar-refractivity contribution is 6.06. The van der Waals surface area contributed by atoms with Crippen molar-refractivity contribution >= 4 is 34.7 Å². The van der Waals surface area contributed by atoms with Gasteiger partial charge in [-0.05, 0) is 25.6 Å². The third-order valence-electron chi connectivity index (χ3n) is 5.74. The van der Waals surface area contributed by atoms with Crippen LogP contribution >= 0.6 is 0 Å². The van der Waals surface area contributed by atoms with Gasteiger partial charge in [-0.1, -0.05) is 0 Å². The number of ether oxygens (including phenoxy) is 2. The molecule has 12 nitrogen and oxygen atoms in total. The van der Waals surface area contributed by atoms with E-state index in [0.29, 0.717) is 72.3 Å². The average molecular weight is 484 g/mol. The summed E-state index contributed by atoms with van der Waals surface area (Å²) in [4.78, 5) is 30.2. The second-order valence-corrected chi connectivity index (χ2v) is 8.03. The number of aliphatic hydroxyl groups is 1. The highest BCUT2D eigenvalue weighted by Crippen LogP contribution is 2.33. The fraction of sp³-hybridized carbons (Fsp3) is 0.391. The van der Waals surface area contributed by atoms with Crippen molar-refractivity contribution in [1.82, 2.24) is 25.2 Å². The smallest absolute Gasteiger partial charge is 0.239 e. The summed E-state index contributed by atoms with van der Waals surface area (Å²) in [5.74, 6) is 1.20. The minimum absolute atomic E-state index is 0.0923. The van der Waals surface area contributed by atoms with Gasteiger partial charge in [-0.25, -0.2) is 9.97 Å². The number of aromatic hydroxyl groups is 1. The van der Waals surface area contributed by atoms with Gasteiger partial charge in [0.05, 0.1) is 37.0 Å². The van der Waals surface area contributed by atoms with Crippen LogP contribution in [-0.2, 0) is 4.79 Å². The molecule has 3 heterocycles. The Morgan fingerprint density at radius 1 is 1.26 bits per heavy atom. The van der Waals surface area contributed by atoms with Crippen LogP contribution in [0.3, 0.4) is 0 Å². The summed E-state index contributed by atoms with van der Waals surface area (Å²) in [6, 6.07) is 4.61. The van der Waals surface area contributed by atoms with Crippen LogP contribution in [0.2, 0.25) is 0 Å². The number of amides is 1. The van der Waals surface area contributed by atoms with Crippen LogP contribution in [0.4, 0.5) is 11.5 Å². The van der Waals surface area contributed by atoms with Gasteiger partial charge in [0, 0.05) is 31.9 Å². The summed E-state index contributed by atoms with van der Waals surface area (Å²) in [5, 5.41) is 26.8. The van der Waals surface area contributed by atoms with E-state index < -0.39 is 6.04 Å². The number of methoxy groups -OCH3 is 1. The number of rotatable bonds is 2. The van der Waals surface area contributed by atoms with Crippen molar-refractivity contribution in [1.29, 1.82) is 0 Å². The first-order valence-corrected chi connectivity index (χ1v) is 11.2. The fourth-order valence-corrected chi connectivity index (χ4v) is 3.85. The number of carbonyl (C=O) groups excluding carboxylic acids is 1. The van der Waals surface area contributed by atoms with E-state index in [4.69, 9.17) is 9.47 Å². The lowest BCUT2D eigenvalue weighted by Gasteiger charge is -2.25. The molecule has 2 aromatic heterocycles. The van der Waals surface area contributed by atoms with Crippen LogP contribution < -0.4 is 20.1 Å². The highest BCUT2D eigenvalue weighted by Gasteiger charge is 2.22. The number of hydrogen-bond acceptors (Lipinski definition) is 10. The molecule has 0 aliphatic carbocycles. The van der Waals surface area contributed by atoms with Gasteiger partial charge in [-0.3, -0.25) is 14.7 Å². The Morgan fingerprint density at radius 2 is 2.09 bits per heavy atom. The SMILES string of the molecule is COc1ccc2cc1OCCCN(C)[C@H](CO)C(=O)NCCNc1ncnc3[nH]c(O)c(c13)C=N2. The van der Waals surface area contributed by atoms with Gasteiger partial charge in [0.15, 0.2) is 17.4 Å². The summed E-state index contributed by atoms with van der Waals surface area (Å²) in [6.07, 6.45) is 3.53. The number of nitrogens with one attached hydrogen (secondary N) is 3. The van der Waals surface area contributed by atoms with E-state index >= 15 is 0 Å². The van der Waals surface area contributed by atoms with Gasteiger partial charge in [-0.15, -0.1) is 0 Å². The number of aromatic amines is 1. The average Bonchev–Trinajstić information content (AvgIpc) is 3.18. The first-order valence-electron chi connectivity index (χ1n) is 11.2. The number of aliphatic hydroxyl groups excluding tert-OH is 1. The van der Waals surface area contributed by atoms with E-state index in [1.807, 2.05) is 0 Å². The van der Waals surface area contributed by atoms with Crippen LogP contribution in [0.1, 0.15) is 12.0 Å². The lowest BCUT2D eigenvalue weighted by atomic mass is 10.2. The molecule has 1 aliphatic heterocycles. The number of aliphatic imine (C=N–C) groups is 1. The molecule has 1 aliphatic rings. The number of fused-ring (bicyclic) bond motifs is 2. The molecule has 0 fully saturated rings. The lowest BCUT2D eigenvalue weighted by Crippen LogP contribution is -2.48. The molecule has 3 aromatic rings. The zero-order valence-corrected chi connectivity index (χ0v) is 19.6. The number of hydrogen-bond donors (Lipinski definition) is 5. The van der Waals surface area contributed by atoms with E-state index in [1.165, 1.54) is 12.5 Å². The van der Waals surface area contributed by atoms with Crippen molar-refractivity contribution in [2.45, 2.75) is 12.5 Å². The molecule has 0 saturated carbocycles. The summed E-state index contributed by atoms with van der Waals surface area (Å²) < 4.78 is 11.3. The van der Waals surface area contributed by atoms with Crippen LogP contribution in [0.15, 0.2) is 29.5 Å². The van der Waals surface area contributed by atoms with Gasteiger partial charge in [0.2, 0.25) is 5.91 Å². The van der Waals surface area contributed by atoms with Crippen LogP contribution in [0.5, 0.6) is 17.4 Å². The molecular formula is C23H29N7O5. The number of carbonyl (C=O) groups is 1. The maximum absolute atomic E-state index is 12.6. The Hall–Kier alpha value is -3.90. The minimum atomic E-state index is -0.678. The molecule has 0 unspecified atom stereocenters. The molecule has 2 bridgehead atoms. The van der Waals surface area contributed by atoms with Crippen LogP contribution in [0, 0.1) is 0 Å². The summed E-state index contributed by atoms with van der Waals surface area (Å²) in [7, 11) is 3.35. The molecule has 12 heteroatoms. The summed E-state index contributed by atoms with van der Waals surface area (Å²) >= 11 is 0. The third kappa shape index (κ3) is 5.44. The van der Waals surface area contributed by atoms with E-state index in [-0.39, 0.29) is 18.4 Å². The predicted molar refractivity (Wildman–Crippen MR) is 131 cm³/mol. The molecule has 35 heavy (non-hydrogen) atoms. The van der Waals surface area contributed by atoms with Crippen molar-refractivity contribution < 1.29 is 24.5 Å². The Morgan fingerprint density at radius 3 is 2.89 bits per heavy atom. The van der Waals surface area contributed by atoms with E-state index in [0.717, 1.165) is 0 Å². The van der Waals surface area contributed by atoms with Crippen LogP contribution in [0.25, 0.3) is 11.0 Å². The standard InChI is InChI=1S/C23H29N7O5/c1-30-8-3-9-35-18-10-14(4-5-17(18)34-2)26-11-15-19-20(27-13-28-21(19)29-22(15)32)24-6-7-25-23(33)16(30)12-31/h4-5,10-11,13,16,31-32H,3,6-9,12H2,1-2H3,(H,25,33)(H2,24,27,28,29)/t16-/m1/s1. The number of aromatic nitrogens is 3. The molecule has 5 N–H and O–H groups in total. The normalized spacial score (nSPS) is 18.0. The van der Waals surface area contributed by atoms with Crippen molar-refractivity contribution in [3.63, 3.8) is 0 Å². The van der Waals surface area contributed by atoms with Gasteiger partial charge in [0.25, 0.3) is 0 Å². The predicted octanol–water partition coefficient (Wildman–Crippen LogP) is 1.03. The fourth-order valence-electron chi connectivity index (χ4n) is 3.85.